The minimum Gasteiger partial charge on any atom is -0.424 e. The summed E-state index contributed by atoms with van der Waals surface area (Å²) in [5, 5.41) is 0. The number of aromatic nitrogens is 1. The lowest BCUT2D eigenvalue weighted by atomic mass is 10.2. The Balaban J connectivity index is 2.47. The molecule has 1 heterocycles. The van der Waals surface area contributed by atoms with Crippen LogP contribution in [0, 0.1) is 11.6 Å². The van der Waals surface area contributed by atoms with Crippen LogP contribution in [0.15, 0.2) is 28.8 Å². The van der Waals surface area contributed by atoms with Gasteiger partial charge < -0.3 is 10.2 Å². The minimum absolute atomic E-state index is 0.00951. The second-order valence-electron chi connectivity index (χ2n) is 2.69. The van der Waals surface area contributed by atoms with Gasteiger partial charge in [-0.05, 0) is 18.2 Å². The lowest BCUT2D eigenvalue weighted by molar-refractivity contribution is 0.508. The van der Waals surface area contributed by atoms with Crippen molar-refractivity contribution in [2.75, 3.05) is 5.73 Å². The second kappa shape index (κ2) is 3.10. The monoisotopic (exact) mass is 196 g/mol. The first kappa shape index (κ1) is 8.68. The maximum absolute atomic E-state index is 12.8. The summed E-state index contributed by atoms with van der Waals surface area (Å²) in [6, 6.07) is 3.42. The Labute approximate surface area is 78.2 Å². The van der Waals surface area contributed by atoms with Gasteiger partial charge in [-0.25, -0.2) is 13.8 Å². The average molecular weight is 196 g/mol. The third-order valence-electron chi connectivity index (χ3n) is 1.73. The predicted molar refractivity (Wildman–Crippen MR) is 46.3 cm³/mol. The van der Waals surface area contributed by atoms with E-state index in [9.17, 15) is 8.78 Å². The highest BCUT2D eigenvalue weighted by Crippen LogP contribution is 2.22. The summed E-state index contributed by atoms with van der Waals surface area (Å²) in [7, 11) is 0. The molecule has 0 saturated carbocycles. The second-order valence-corrected chi connectivity index (χ2v) is 2.69. The number of benzene rings is 1. The van der Waals surface area contributed by atoms with E-state index in [0.717, 1.165) is 12.1 Å². The van der Waals surface area contributed by atoms with Crippen molar-refractivity contribution in [1.29, 1.82) is 0 Å². The molecule has 0 radical (unpaired) electrons. The molecule has 0 amide bonds. The van der Waals surface area contributed by atoms with E-state index in [1.807, 2.05) is 0 Å². The lowest BCUT2D eigenvalue weighted by Crippen LogP contribution is -1.84. The van der Waals surface area contributed by atoms with Gasteiger partial charge in [0.1, 0.15) is 0 Å². The molecule has 0 atom stereocenters. The van der Waals surface area contributed by atoms with E-state index in [1.165, 1.54) is 12.3 Å². The molecule has 0 unspecified atom stereocenters. The summed E-state index contributed by atoms with van der Waals surface area (Å²) >= 11 is 0. The van der Waals surface area contributed by atoms with E-state index in [4.69, 9.17) is 10.2 Å². The Morgan fingerprint density at radius 1 is 1.21 bits per heavy atom. The number of halogens is 2. The van der Waals surface area contributed by atoms with Crippen molar-refractivity contribution in [1.82, 2.24) is 4.98 Å². The van der Waals surface area contributed by atoms with Gasteiger partial charge in [-0.15, -0.1) is 0 Å². The van der Waals surface area contributed by atoms with E-state index in [0.29, 0.717) is 11.3 Å². The smallest absolute Gasteiger partial charge is 0.292 e. The molecule has 0 bridgehead atoms. The fourth-order valence-electron chi connectivity index (χ4n) is 1.07. The Morgan fingerprint density at radius 3 is 2.57 bits per heavy atom. The molecule has 0 aliphatic heterocycles. The van der Waals surface area contributed by atoms with Crippen LogP contribution in [0.25, 0.3) is 11.3 Å². The van der Waals surface area contributed by atoms with Gasteiger partial charge in [0.2, 0.25) is 0 Å². The lowest BCUT2D eigenvalue weighted by Gasteiger charge is -1.96. The molecule has 2 aromatic rings. The first-order chi connectivity index (χ1) is 6.66. The third-order valence-corrected chi connectivity index (χ3v) is 1.73. The van der Waals surface area contributed by atoms with Gasteiger partial charge in [0, 0.05) is 5.56 Å². The normalized spacial score (nSPS) is 10.4. The van der Waals surface area contributed by atoms with Gasteiger partial charge >= 0.3 is 0 Å². The molecule has 0 spiro atoms. The summed E-state index contributed by atoms with van der Waals surface area (Å²) in [6.45, 7) is 0. The van der Waals surface area contributed by atoms with Gasteiger partial charge in [0.05, 0.1) is 6.20 Å². The number of anilines is 1. The topological polar surface area (TPSA) is 52.0 Å². The third kappa shape index (κ3) is 1.44. The highest BCUT2D eigenvalue weighted by Gasteiger charge is 2.07. The van der Waals surface area contributed by atoms with Crippen LogP contribution in [0.1, 0.15) is 0 Å². The Morgan fingerprint density at radius 2 is 2.00 bits per heavy atom. The van der Waals surface area contributed by atoms with Crippen LogP contribution in [-0.4, -0.2) is 4.98 Å². The molecule has 2 N–H and O–H groups in total. The number of nitrogen functional groups attached to an aromatic ring is 1. The molecule has 1 aromatic carbocycles. The fraction of sp³-hybridized carbons (Fsp3) is 0. The molecule has 72 valence electrons. The first-order valence-electron chi connectivity index (χ1n) is 3.83. The van der Waals surface area contributed by atoms with Crippen LogP contribution in [-0.2, 0) is 0 Å². The maximum Gasteiger partial charge on any atom is 0.292 e. The molecule has 2 rings (SSSR count). The standard InChI is InChI=1S/C9H6F2N2O/c10-6-2-1-5(3-7(6)11)8-4-13-9(12)14-8/h1-4H,(H2,12,13). The number of nitrogens with zero attached hydrogens (tertiary/aromatic N) is 1. The van der Waals surface area contributed by atoms with Crippen LogP contribution in [0.3, 0.4) is 0 Å². The molecule has 1 aromatic heterocycles. The molecular formula is C9H6F2N2O. The van der Waals surface area contributed by atoms with E-state index in [2.05, 4.69) is 4.98 Å². The van der Waals surface area contributed by atoms with Crippen molar-refractivity contribution in [2.24, 2.45) is 0 Å². The van der Waals surface area contributed by atoms with Crippen LogP contribution in [0.2, 0.25) is 0 Å². The zero-order valence-corrected chi connectivity index (χ0v) is 7.00. The zero-order valence-electron chi connectivity index (χ0n) is 7.00. The van der Waals surface area contributed by atoms with E-state index >= 15 is 0 Å². The van der Waals surface area contributed by atoms with Crippen LogP contribution in [0.4, 0.5) is 14.8 Å². The van der Waals surface area contributed by atoms with Crippen molar-refractivity contribution >= 4 is 6.01 Å². The van der Waals surface area contributed by atoms with Crippen LogP contribution in [0.5, 0.6) is 0 Å². The quantitative estimate of drug-likeness (QED) is 0.760. The van der Waals surface area contributed by atoms with Gasteiger partial charge in [0.25, 0.3) is 6.01 Å². The van der Waals surface area contributed by atoms with E-state index in [-0.39, 0.29) is 6.01 Å². The zero-order chi connectivity index (χ0) is 10.1. The maximum atomic E-state index is 12.8. The minimum atomic E-state index is -0.933. The Bertz CT molecular complexity index is 468. The Kier molecular flexibility index (Phi) is 1.92. The number of nitrogens with two attached hydrogens (primary N) is 1. The number of rotatable bonds is 1. The van der Waals surface area contributed by atoms with Gasteiger partial charge in [-0.3, -0.25) is 0 Å². The van der Waals surface area contributed by atoms with Crippen molar-refractivity contribution in [2.45, 2.75) is 0 Å². The van der Waals surface area contributed by atoms with Crippen LogP contribution >= 0.6 is 0 Å². The number of oxazole rings is 1. The summed E-state index contributed by atoms with van der Waals surface area (Å²) in [6.07, 6.45) is 1.35. The summed E-state index contributed by atoms with van der Waals surface area (Å²) in [5.41, 5.74) is 5.63. The van der Waals surface area contributed by atoms with Gasteiger partial charge in [-0.1, -0.05) is 0 Å². The number of hydrogen-bond acceptors (Lipinski definition) is 3. The summed E-state index contributed by atoms with van der Waals surface area (Å²) in [5.74, 6) is -1.53. The van der Waals surface area contributed by atoms with Gasteiger partial charge in [-0.2, -0.15) is 0 Å². The molecule has 0 aliphatic carbocycles. The number of hydrogen-bond donors (Lipinski definition) is 1. The SMILES string of the molecule is Nc1ncc(-c2ccc(F)c(F)c2)o1. The highest BCUT2D eigenvalue weighted by molar-refractivity contribution is 5.57. The molecule has 5 heteroatoms. The van der Waals surface area contributed by atoms with E-state index in [1.54, 1.807) is 0 Å². The molecule has 3 nitrogen and oxygen atoms in total. The van der Waals surface area contributed by atoms with Crippen molar-refractivity contribution in [3.63, 3.8) is 0 Å². The highest BCUT2D eigenvalue weighted by atomic mass is 19.2. The Hall–Kier alpha value is -1.91. The predicted octanol–water partition coefficient (Wildman–Crippen LogP) is 2.20. The van der Waals surface area contributed by atoms with Crippen molar-refractivity contribution in [3.05, 3.63) is 36.0 Å². The molecule has 14 heavy (non-hydrogen) atoms. The van der Waals surface area contributed by atoms with Crippen molar-refractivity contribution < 1.29 is 13.2 Å². The fourth-order valence-corrected chi connectivity index (χ4v) is 1.07. The van der Waals surface area contributed by atoms with Gasteiger partial charge in [0.15, 0.2) is 17.4 Å². The average Bonchev–Trinajstić information content (AvgIpc) is 2.57. The summed E-state index contributed by atoms with van der Waals surface area (Å²) in [4.78, 5) is 3.64. The molecular weight excluding hydrogens is 190 g/mol. The van der Waals surface area contributed by atoms with E-state index < -0.39 is 11.6 Å². The summed E-state index contributed by atoms with van der Waals surface area (Å²) < 4.78 is 30.3. The molecule has 0 fully saturated rings. The molecule has 0 saturated heterocycles. The van der Waals surface area contributed by atoms with Crippen molar-refractivity contribution in [3.8, 4) is 11.3 Å². The van der Waals surface area contributed by atoms with Crippen LogP contribution < -0.4 is 5.73 Å². The molecule has 0 aliphatic rings. The first-order valence-corrected chi connectivity index (χ1v) is 3.83. The largest absolute Gasteiger partial charge is 0.424 e.